The maximum absolute atomic E-state index is 12.4. The average molecular weight is 339 g/mol. The van der Waals surface area contributed by atoms with Crippen molar-refractivity contribution in [1.82, 2.24) is 5.32 Å². The highest BCUT2D eigenvalue weighted by Gasteiger charge is 2.28. The molecule has 1 aliphatic carbocycles. The Morgan fingerprint density at radius 3 is 2.68 bits per heavy atom. The van der Waals surface area contributed by atoms with Gasteiger partial charge in [0.2, 0.25) is 0 Å². The van der Waals surface area contributed by atoms with Crippen LogP contribution in [-0.4, -0.2) is 24.5 Å². The Bertz CT molecular complexity index is 765. The normalized spacial score (nSPS) is 23.2. The highest BCUT2D eigenvalue weighted by atomic mass is 16.5. The molecular weight excluding hydrogens is 314 g/mol. The molecule has 3 atom stereocenters. The SMILES string of the molecule is C[C@H]1[C@H](C)CCC[C@@H]1NC(=O)COC(=O)c1cccc2ccccc12. The predicted octanol–water partition coefficient (Wildman–Crippen LogP) is 3.94. The van der Waals surface area contributed by atoms with Crippen molar-refractivity contribution in [2.24, 2.45) is 11.8 Å². The predicted molar refractivity (Wildman–Crippen MR) is 98.3 cm³/mol. The lowest BCUT2D eigenvalue weighted by molar-refractivity contribution is -0.125. The Labute approximate surface area is 148 Å². The highest BCUT2D eigenvalue weighted by molar-refractivity contribution is 6.04. The van der Waals surface area contributed by atoms with Crippen molar-refractivity contribution < 1.29 is 14.3 Å². The molecule has 0 bridgehead atoms. The Hall–Kier alpha value is -2.36. The first-order valence-electron chi connectivity index (χ1n) is 9.00. The topological polar surface area (TPSA) is 55.4 Å². The van der Waals surface area contributed by atoms with Gasteiger partial charge in [-0.1, -0.05) is 63.1 Å². The minimum Gasteiger partial charge on any atom is -0.452 e. The summed E-state index contributed by atoms with van der Waals surface area (Å²) in [5.41, 5.74) is 0.491. The number of benzene rings is 2. The second kappa shape index (κ2) is 7.68. The summed E-state index contributed by atoms with van der Waals surface area (Å²) in [6.45, 7) is 4.17. The van der Waals surface area contributed by atoms with Crippen LogP contribution in [0.15, 0.2) is 42.5 Å². The summed E-state index contributed by atoms with van der Waals surface area (Å²) in [5, 5.41) is 4.84. The van der Waals surface area contributed by atoms with Crippen molar-refractivity contribution >= 4 is 22.6 Å². The van der Waals surface area contributed by atoms with Crippen LogP contribution in [-0.2, 0) is 9.53 Å². The van der Waals surface area contributed by atoms with E-state index in [1.165, 1.54) is 6.42 Å². The molecule has 1 amide bonds. The van der Waals surface area contributed by atoms with Crippen LogP contribution in [0.4, 0.5) is 0 Å². The zero-order chi connectivity index (χ0) is 17.8. The quantitative estimate of drug-likeness (QED) is 0.859. The first kappa shape index (κ1) is 17.5. The zero-order valence-electron chi connectivity index (χ0n) is 14.8. The number of carbonyl (C=O) groups excluding carboxylic acids is 2. The van der Waals surface area contributed by atoms with E-state index >= 15 is 0 Å². The molecule has 0 unspecified atom stereocenters. The molecule has 1 aliphatic rings. The van der Waals surface area contributed by atoms with E-state index in [0.717, 1.165) is 23.6 Å². The molecule has 0 radical (unpaired) electrons. The minimum absolute atomic E-state index is 0.174. The summed E-state index contributed by atoms with van der Waals surface area (Å²) >= 11 is 0. The van der Waals surface area contributed by atoms with E-state index in [4.69, 9.17) is 4.74 Å². The molecule has 1 saturated carbocycles. The Morgan fingerprint density at radius 1 is 1.08 bits per heavy atom. The number of carbonyl (C=O) groups is 2. The first-order chi connectivity index (χ1) is 12.1. The van der Waals surface area contributed by atoms with Crippen molar-refractivity contribution in [2.45, 2.75) is 39.2 Å². The molecule has 1 fully saturated rings. The van der Waals surface area contributed by atoms with Gasteiger partial charge >= 0.3 is 5.97 Å². The number of hydrogen-bond donors (Lipinski definition) is 1. The second-order valence-electron chi connectivity index (χ2n) is 7.04. The fourth-order valence-corrected chi connectivity index (χ4v) is 3.65. The molecule has 0 aliphatic heterocycles. The monoisotopic (exact) mass is 339 g/mol. The van der Waals surface area contributed by atoms with Crippen LogP contribution in [0.2, 0.25) is 0 Å². The van der Waals surface area contributed by atoms with Gasteiger partial charge in [0.1, 0.15) is 0 Å². The zero-order valence-corrected chi connectivity index (χ0v) is 14.8. The maximum Gasteiger partial charge on any atom is 0.339 e. The Kier molecular flexibility index (Phi) is 5.37. The Morgan fingerprint density at radius 2 is 1.84 bits per heavy atom. The van der Waals surface area contributed by atoms with E-state index in [1.807, 2.05) is 36.4 Å². The summed E-state index contributed by atoms with van der Waals surface area (Å²) in [6, 6.07) is 13.3. The summed E-state index contributed by atoms with van der Waals surface area (Å²) in [6.07, 6.45) is 3.34. The van der Waals surface area contributed by atoms with Crippen molar-refractivity contribution in [3.8, 4) is 0 Å². The van der Waals surface area contributed by atoms with E-state index in [1.54, 1.807) is 6.07 Å². The first-order valence-corrected chi connectivity index (χ1v) is 9.00. The van der Waals surface area contributed by atoms with E-state index < -0.39 is 5.97 Å². The van der Waals surface area contributed by atoms with Crippen molar-refractivity contribution in [2.75, 3.05) is 6.61 Å². The molecule has 2 aromatic rings. The van der Waals surface area contributed by atoms with Crippen LogP contribution >= 0.6 is 0 Å². The molecule has 2 aromatic carbocycles. The van der Waals surface area contributed by atoms with Gasteiger partial charge in [0.15, 0.2) is 6.61 Å². The Balaban J connectivity index is 1.59. The maximum atomic E-state index is 12.4. The van der Waals surface area contributed by atoms with Gasteiger partial charge in [-0.2, -0.15) is 0 Å². The van der Waals surface area contributed by atoms with Gasteiger partial charge in [0.05, 0.1) is 5.56 Å². The van der Waals surface area contributed by atoms with Crippen molar-refractivity contribution in [3.05, 3.63) is 48.0 Å². The van der Waals surface area contributed by atoms with Gasteiger partial charge < -0.3 is 10.1 Å². The summed E-state index contributed by atoms with van der Waals surface area (Å²) in [7, 11) is 0. The number of nitrogens with one attached hydrogen (secondary N) is 1. The molecule has 25 heavy (non-hydrogen) atoms. The molecule has 3 rings (SSSR count). The van der Waals surface area contributed by atoms with Gasteiger partial charge in [-0.05, 0) is 35.1 Å². The minimum atomic E-state index is -0.461. The van der Waals surface area contributed by atoms with E-state index in [-0.39, 0.29) is 18.6 Å². The fraction of sp³-hybridized carbons (Fsp3) is 0.429. The molecule has 0 saturated heterocycles. The number of fused-ring (bicyclic) bond motifs is 1. The van der Waals surface area contributed by atoms with Gasteiger partial charge in [-0.25, -0.2) is 4.79 Å². The third-order valence-corrected chi connectivity index (χ3v) is 5.40. The van der Waals surface area contributed by atoms with E-state index in [2.05, 4.69) is 19.2 Å². The lowest BCUT2D eigenvalue weighted by Gasteiger charge is -2.34. The summed E-state index contributed by atoms with van der Waals surface area (Å²) in [5.74, 6) is 0.375. The van der Waals surface area contributed by atoms with E-state index in [9.17, 15) is 9.59 Å². The number of ether oxygens (including phenoxy) is 1. The molecule has 4 nitrogen and oxygen atoms in total. The lowest BCUT2D eigenvalue weighted by Crippen LogP contribution is -2.45. The highest BCUT2D eigenvalue weighted by Crippen LogP contribution is 2.29. The van der Waals surface area contributed by atoms with Gasteiger partial charge in [-0.15, -0.1) is 0 Å². The average Bonchev–Trinajstić information content (AvgIpc) is 2.63. The molecular formula is C21H25NO3. The van der Waals surface area contributed by atoms with Crippen molar-refractivity contribution in [1.29, 1.82) is 0 Å². The third-order valence-electron chi connectivity index (χ3n) is 5.40. The number of amides is 1. The van der Waals surface area contributed by atoms with E-state index in [0.29, 0.717) is 17.4 Å². The standard InChI is InChI=1S/C21H25NO3/c1-14-7-5-12-19(15(14)2)22-20(23)13-25-21(24)18-11-6-9-16-8-3-4-10-17(16)18/h3-4,6,8-11,14-15,19H,5,7,12-13H2,1-2H3,(H,22,23)/t14-,15+,19+/m1/s1. The third kappa shape index (κ3) is 4.01. The summed E-state index contributed by atoms with van der Waals surface area (Å²) in [4.78, 5) is 24.5. The molecule has 132 valence electrons. The van der Waals surface area contributed by atoms with Gasteiger partial charge in [0.25, 0.3) is 5.91 Å². The second-order valence-corrected chi connectivity index (χ2v) is 7.04. The van der Waals surface area contributed by atoms with Crippen molar-refractivity contribution in [3.63, 3.8) is 0 Å². The fourth-order valence-electron chi connectivity index (χ4n) is 3.65. The lowest BCUT2D eigenvalue weighted by atomic mass is 9.78. The van der Waals surface area contributed by atoms with Crippen LogP contribution in [0, 0.1) is 11.8 Å². The van der Waals surface area contributed by atoms with Crippen LogP contribution in [0.3, 0.4) is 0 Å². The number of hydrogen-bond acceptors (Lipinski definition) is 3. The largest absolute Gasteiger partial charge is 0.452 e. The molecule has 0 spiro atoms. The van der Waals surface area contributed by atoms with Crippen LogP contribution in [0.25, 0.3) is 10.8 Å². The smallest absolute Gasteiger partial charge is 0.339 e. The number of rotatable bonds is 4. The van der Waals surface area contributed by atoms with Gasteiger partial charge in [0, 0.05) is 6.04 Å². The van der Waals surface area contributed by atoms with Gasteiger partial charge in [-0.3, -0.25) is 4.79 Å². The molecule has 0 aromatic heterocycles. The van der Waals surface area contributed by atoms with Crippen LogP contribution in [0.5, 0.6) is 0 Å². The van der Waals surface area contributed by atoms with Crippen LogP contribution in [0.1, 0.15) is 43.5 Å². The molecule has 4 heteroatoms. The molecule has 0 heterocycles. The van der Waals surface area contributed by atoms with Crippen LogP contribution < -0.4 is 5.32 Å². The number of esters is 1. The summed E-state index contributed by atoms with van der Waals surface area (Å²) < 4.78 is 5.25. The molecule has 1 N–H and O–H groups in total.